The van der Waals surface area contributed by atoms with Gasteiger partial charge in [0.1, 0.15) is 5.75 Å². The van der Waals surface area contributed by atoms with Gasteiger partial charge in [0.15, 0.2) is 0 Å². The topological polar surface area (TPSA) is 71.5 Å². The lowest BCUT2D eigenvalue weighted by atomic mass is 9.93. The van der Waals surface area contributed by atoms with E-state index < -0.39 is 0 Å². The molecule has 1 N–H and O–H groups in total. The molecule has 0 aliphatic carbocycles. The highest BCUT2D eigenvalue weighted by Crippen LogP contribution is 2.24. The number of ether oxygens (including phenoxy) is 1. The van der Waals surface area contributed by atoms with E-state index >= 15 is 0 Å². The van der Waals surface area contributed by atoms with Crippen molar-refractivity contribution in [3.05, 3.63) is 45.4 Å². The quantitative estimate of drug-likeness (QED) is 0.695. The highest BCUT2D eigenvalue weighted by atomic mass is 32.1. The lowest BCUT2D eigenvalue weighted by molar-refractivity contribution is -0.132. The van der Waals surface area contributed by atoms with Gasteiger partial charge in [0.25, 0.3) is 0 Å². The Balaban J connectivity index is 1.42. The molecule has 1 aliphatic rings. The first-order valence-electron chi connectivity index (χ1n) is 10.5. The highest BCUT2D eigenvalue weighted by Gasteiger charge is 2.25. The summed E-state index contributed by atoms with van der Waals surface area (Å²) in [4.78, 5) is 32.5. The number of methoxy groups -OCH3 is 1. The largest absolute Gasteiger partial charge is 0.497 e. The minimum Gasteiger partial charge on any atom is -0.497 e. The summed E-state index contributed by atoms with van der Waals surface area (Å²) in [5.74, 6) is 1.40. The number of thiazole rings is 1. The van der Waals surface area contributed by atoms with Crippen molar-refractivity contribution in [3.8, 4) is 5.75 Å². The maximum absolute atomic E-state index is 12.7. The van der Waals surface area contributed by atoms with Crippen molar-refractivity contribution in [3.63, 3.8) is 0 Å². The number of aryl methyl sites for hydroxylation is 2. The van der Waals surface area contributed by atoms with Crippen LogP contribution in [0, 0.1) is 19.8 Å². The zero-order valence-corrected chi connectivity index (χ0v) is 18.9. The number of nitrogens with zero attached hydrogens (tertiary/aromatic N) is 2. The first-order chi connectivity index (χ1) is 14.4. The highest BCUT2D eigenvalue weighted by molar-refractivity contribution is 7.11. The standard InChI is InChI=1S/C23H31N3O3S/c1-16-21(30-17(2)25-16)13-23(28)26-11-5-7-18(15-26)9-10-22(27)24-14-19-6-4-8-20(12-19)29-3/h4,6,8,12,18H,5,7,9-11,13-15H2,1-3H3,(H,24,27). The number of carbonyl (C=O) groups is 2. The maximum Gasteiger partial charge on any atom is 0.227 e. The Bertz CT molecular complexity index is 880. The SMILES string of the molecule is COc1cccc(CNC(=O)CCC2CCCN(C(=O)Cc3sc(C)nc3C)C2)c1. The van der Waals surface area contributed by atoms with E-state index in [4.69, 9.17) is 4.74 Å². The Kier molecular flexibility index (Phi) is 7.85. The second-order valence-electron chi connectivity index (χ2n) is 7.93. The van der Waals surface area contributed by atoms with E-state index in [9.17, 15) is 9.59 Å². The summed E-state index contributed by atoms with van der Waals surface area (Å²) in [7, 11) is 1.63. The minimum atomic E-state index is 0.0528. The molecule has 1 aromatic heterocycles. The first kappa shape index (κ1) is 22.3. The van der Waals surface area contributed by atoms with Gasteiger partial charge in [-0.25, -0.2) is 4.98 Å². The molecule has 3 rings (SSSR count). The van der Waals surface area contributed by atoms with E-state index in [1.54, 1.807) is 18.4 Å². The van der Waals surface area contributed by atoms with Gasteiger partial charge in [0.2, 0.25) is 11.8 Å². The van der Waals surface area contributed by atoms with Crippen molar-refractivity contribution in [1.29, 1.82) is 0 Å². The second-order valence-corrected chi connectivity index (χ2v) is 9.22. The van der Waals surface area contributed by atoms with Crippen molar-refractivity contribution in [2.75, 3.05) is 20.2 Å². The number of rotatable bonds is 8. The van der Waals surface area contributed by atoms with Crippen LogP contribution in [-0.2, 0) is 22.6 Å². The van der Waals surface area contributed by atoms with Gasteiger partial charge < -0.3 is 15.0 Å². The zero-order chi connectivity index (χ0) is 21.5. The van der Waals surface area contributed by atoms with Crippen LogP contribution in [0.3, 0.4) is 0 Å². The molecule has 0 saturated carbocycles. The molecule has 0 bridgehead atoms. The molecule has 0 spiro atoms. The van der Waals surface area contributed by atoms with E-state index in [1.807, 2.05) is 43.0 Å². The van der Waals surface area contributed by atoms with E-state index in [0.29, 0.717) is 25.3 Å². The number of likely N-dealkylation sites (tertiary alicyclic amines) is 1. The third kappa shape index (κ3) is 6.29. The van der Waals surface area contributed by atoms with Gasteiger partial charge in [-0.2, -0.15) is 0 Å². The molecule has 30 heavy (non-hydrogen) atoms. The van der Waals surface area contributed by atoms with Crippen LogP contribution in [0.4, 0.5) is 0 Å². The number of carbonyl (C=O) groups excluding carboxylic acids is 2. The van der Waals surface area contributed by atoms with Crippen LogP contribution in [0.1, 0.15) is 46.8 Å². The summed E-state index contributed by atoms with van der Waals surface area (Å²) in [6.45, 7) is 6.00. The summed E-state index contributed by atoms with van der Waals surface area (Å²) >= 11 is 1.61. The molecule has 1 aliphatic heterocycles. The van der Waals surface area contributed by atoms with Crippen LogP contribution in [0.15, 0.2) is 24.3 Å². The van der Waals surface area contributed by atoms with Gasteiger partial charge >= 0.3 is 0 Å². The van der Waals surface area contributed by atoms with E-state index in [-0.39, 0.29) is 11.8 Å². The minimum absolute atomic E-state index is 0.0528. The number of hydrogen-bond acceptors (Lipinski definition) is 5. The average Bonchev–Trinajstić information content (AvgIpc) is 3.07. The molecule has 7 heteroatoms. The Labute approximate surface area is 182 Å². The summed E-state index contributed by atoms with van der Waals surface area (Å²) in [5, 5.41) is 3.99. The molecule has 1 aromatic carbocycles. The Hall–Kier alpha value is -2.41. The van der Waals surface area contributed by atoms with Crippen LogP contribution >= 0.6 is 11.3 Å². The molecule has 6 nitrogen and oxygen atoms in total. The fourth-order valence-electron chi connectivity index (χ4n) is 3.92. The van der Waals surface area contributed by atoms with Gasteiger partial charge in [-0.3, -0.25) is 9.59 Å². The smallest absolute Gasteiger partial charge is 0.227 e. The molecule has 162 valence electrons. The van der Waals surface area contributed by atoms with E-state index in [0.717, 1.165) is 59.2 Å². The number of piperidine rings is 1. The van der Waals surface area contributed by atoms with Gasteiger partial charge in [-0.05, 0) is 56.7 Å². The summed E-state index contributed by atoms with van der Waals surface area (Å²) in [6.07, 6.45) is 3.81. The number of benzene rings is 1. The van der Waals surface area contributed by atoms with Crippen molar-refractivity contribution in [1.82, 2.24) is 15.2 Å². The van der Waals surface area contributed by atoms with Crippen LogP contribution in [0.25, 0.3) is 0 Å². The van der Waals surface area contributed by atoms with Gasteiger partial charge in [0.05, 0.1) is 24.2 Å². The molecule has 1 atom stereocenters. The molecule has 1 unspecified atom stereocenters. The number of hydrogen-bond donors (Lipinski definition) is 1. The van der Waals surface area contributed by atoms with Crippen molar-refractivity contribution in [2.24, 2.45) is 5.92 Å². The molecular weight excluding hydrogens is 398 g/mol. The molecule has 0 radical (unpaired) electrons. The van der Waals surface area contributed by atoms with Crippen molar-refractivity contribution >= 4 is 23.2 Å². The zero-order valence-electron chi connectivity index (χ0n) is 18.1. The molecule has 1 saturated heterocycles. The summed E-state index contributed by atoms with van der Waals surface area (Å²) in [5.41, 5.74) is 1.98. The maximum atomic E-state index is 12.7. The van der Waals surface area contributed by atoms with Crippen LogP contribution < -0.4 is 10.1 Å². The number of amides is 2. The predicted molar refractivity (Wildman–Crippen MR) is 119 cm³/mol. The fourth-order valence-corrected chi connectivity index (χ4v) is 4.85. The van der Waals surface area contributed by atoms with E-state index in [2.05, 4.69) is 10.3 Å². The second kappa shape index (κ2) is 10.6. The lowest BCUT2D eigenvalue weighted by Crippen LogP contribution is -2.41. The van der Waals surface area contributed by atoms with Crippen LogP contribution in [0.2, 0.25) is 0 Å². The van der Waals surface area contributed by atoms with Gasteiger partial charge in [0, 0.05) is 30.9 Å². The summed E-state index contributed by atoms with van der Waals surface area (Å²) in [6, 6.07) is 7.71. The molecule has 2 heterocycles. The monoisotopic (exact) mass is 429 g/mol. The fraction of sp³-hybridized carbons (Fsp3) is 0.522. The molecule has 2 aromatic rings. The normalized spacial score (nSPS) is 16.4. The van der Waals surface area contributed by atoms with E-state index in [1.165, 1.54) is 0 Å². The predicted octanol–water partition coefficient (Wildman–Crippen LogP) is 3.65. The lowest BCUT2D eigenvalue weighted by Gasteiger charge is -2.32. The molecule has 2 amide bonds. The Morgan fingerprint density at radius 3 is 2.90 bits per heavy atom. The first-order valence-corrected chi connectivity index (χ1v) is 11.4. The Morgan fingerprint density at radius 1 is 1.33 bits per heavy atom. The number of nitrogens with one attached hydrogen (secondary N) is 1. The average molecular weight is 430 g/mol. The molecular formula is C23H31N3O3S. The van der Waals surface area contributed by atoms with Gasteiger partial charge in [-0.15, -0.1) is 11.3 Å². The third-order valence-corrected chi connectivity index (χ3v) is 6.66. The van der Waals surface area contributed by atoms with Crippen LogP contribution in [0.5, 0.6) is 5.75 Å². The van der Waals surface area contributed by atoms with Gasteiger partial charge in [-0.1, -0.05) is 12.1 Å². The van der Waals surface area contributed by atoms with Crippen molar-refractivity contribution < 1.29 is 14.3 Å². The third-order valence-electron chi connectivity index (χ3n) is 5.59. The van der Waals surface area contributed by atoms with Crippen molar-refractivity contribution in [2.45, 2.75) is 52.5 Å². The molecule has 1 fully saturated rings. The Morgan fingerprint density at radius 2 is 2.17 bits per heavy atom. The number of aromatic nitrogens is 1. The van der Waals surface area contributed by atoms with Crippen LogP contribution in [-0.4, -0.2) is 41.9 Å². The summed E-state index contributed by atoms with van der Waals surface area (Å²) < 4.78 is 5.22.